The summed E-state index contributed by atoms with van der Waals surface area (Å²) < 4.78 is 5.87. The van der Waals surface area contributed by atoms with E-state index in [-0.39, 0.29) is 0 Å². The Bertz CT molecular complexity index is 296. The molecule has 0 saturated carbocycles. The second-order valence-electron chi connectivity index (χ2n) is 2.43. The van der Waals surface area contributed by atoms with Crippen molar-refractivity contribution in [3.8, 4) is 0 Å². The quantitative estimate of drug-likeness (QED) is 0.726. The largest absolute Gasteiger partial charge is 0.504 e. The van der Waals surface area contributed by atoms with Crippen LogP contribution in [0.4, 0.5) is 0 Å². The van der Waals surface area contributed by atoms with Gasteiger partial charge in [0.15, 0.2) is 0 Å². The van der Waals surface area contributed by atoms with E-state index in [9.17, 15) is 0 Å². The summed E-state index contributed by atoms with van der Waals surface area (Å²) >= 11 is 3.35. The molecule has 0 saturated heterocycles. The van der Waals surface area contributed by atoms with Gasteiger partial charge in [-0.3, -0.25) is 4.98 Å². The zero-order valence-electron chi connectivity index (χ0n) is 7.04. The minimum atomic E-state index is 0.976. The molecule has 64 valence electrons. The fourth-order valence-electron chi connectivity index (χ4n) is 0.872. The summed E-state index contributed by atoms with van der Waals surface area (Å²) in [6, 6.07) is 2.00. The number of rotatable bonds is 2. The average molecular weight is 228 g/mol. The van der Waals surface area contributed by atoms with Crippen LogP contribution in [0.15, 0.2) is 29.2 Å². The van der Waals surface area contributed by atoms with Crippen molar-refractivity contribution in [2.75, 3.05) is 7.11 Å². The van der Waals surface area contributed by atoms with E-state index in [1.807, 2.05) is 13.0 Å². The van der Waals surface area contributed by atoms with Crippen LogP contribution in [0.1, 0.15) is 12.5 Å². The van der Waals surface area contributed by atoms with Gasteiger partial charge in [0.2, 0.25) is 0 Å². The molecule has 12 heavy (non-hydrogen) atoms. The summed E-state index contributed by atoms with van der Waals surface area (Å²) in [4.78, 5) is 4.04. The Morgan fingerprint density at radius 3 is 2.92 bits per heavy atom. The Hall–Kier alpha value is -0.830. The zero-order chi connectivity index (χ0) is 8.97. The van der Waals surface area contributed by atoms with E-state index < -0.39 is 0 Å². The maximum atomic E-state index is 4.89. The lowest BCUT2D eigenvalue weighted by molar-refractivity contribution is 0.339. The number of aromatic nitrogens is 1. The molecule has 1 heterocycles. The first kappa shape index (κ1) is 9.26. The number of pyridine rings is 1. The highest BCUT2D eigenvalue weighted by molar-refractivity contribution is 9.10. The fraction of sp³-hybridized carbons (Fsp3) is 0.222. The predicted molar refractivity (Wildman–Crippen MR) is 52.6 cm³/mol. The molecule has 0 amide bonds. The Morgan fingerprint density at radius 2 is 2.33 bits per heavy atom. The minimum absolute atomic E-state index is 0.976. The van der Waals surface area contributed by atoms with Crippen molar-refractivity contribution in [2.45, 2.75) is 6.92 Å². The van der Waals surface area contributed by atoms with Gasteiger partial charge < -0.3 is 4.74 Å². The molecular formula is C9H10BrNO. The molecule has 1 aromatic heterocycles. The third kappa shape index (κ3) is 2.34. The van der Waals surface area contributed by atoms with E-state index in [2.05, 4.69) is 20.9 Å². The molecule has 0 atom stereocenters. The van der Waals surface area contributed by atoms with Crippen LogP contribution in [-0.4, -0.2) is 12.1 Å². The molecule has 3 heteroatoms. The first-order chi connectivity index (χ1) is 5.74. The highest BCUT2D eigenvalue weighted by atomic mass is 79.9. The van der Waals surface area contributed by atoms with Crippen molar-refractivity contribution in [1.82, 2.24) is 4.98 Å². The van der Waals surface area contributed by atoms with Gasteiger partial charge in [0.05, 0.1) is 13.4 Å². The molecule has 0 aliphatic heterocycles. The van der Waals surface area contributed by atoms with Crippen LogP contribution in [0.2, 0.25) is 0 Å². The van der Waals surface area contributed by atoms with E-state index in [0.29, 0.717) is 0 Å². The Balaban J connectivity index is 2.95. The van der Waals surface area contributed by atoms with Crippen LogP contribution in [0.5, 0.6) is 0 Å². The lowest BCUT2D eigenvalue weighted by Gasteiger charge is -2.00. The number of nitrogens with zero attached hydrogens (tertiary/aromatic N) is 1. The van der Waals surface area contributed by atoms with Crippen LogP contribution in [0.25, 0.3) is 5.57 Å². The molecular weight excluding hydrogens is 218 g/mol. The summed E-state index contributed by atoms with van der Waals surface area (Å²) in [5.41, 5.74) is 2.12. The monoisotopic (exact) mass is 227 g/mol. The highest BCUT2D eigenvalue weighted by Gasteiger charge is 1.96. The maximum absolute atomic E-state index is 4.89. The molecule has 0 aromatic carbocycles. The number of halogens is 1. The van der Waals surface area contributed by atoms with E-state index >= 15 is 0 Å². The maximum Gasteiger partial charge on any atom is 0.0860 e. The molecule has 0 spiro atoms. The van der Waals surface area contributed by atoms with Gasteiger partial charge in [-0.2, -0.15) is 0 Å². The van der Waals surface area contributed by atoms with Crippen molar-refractivity contribution in [2.24, 2.45) is 0 Å². The first-order valence-corrected chi connectivity index (χ1v) is 4.34. The topological polar surface area (TPSA) is 22.1 Å². The molecule has 0 bridgehead atoms. The molecule has 2 nitrogen and oxygen atoms in total. The van der Waals surface area contributed by atoms with Crippen LogP contribution in [0.3, 0.4) is 0 Å². The molecule has 0 radical (unpaired) electrons. The minimum Gasteiger partial charge on any atom is -0.504 e. The first-order valence-electron chi connectivity index (χ1n) is 3.54. The van der Waals surface area contributed by atoms with Gasteiger partial charge in [-0.25, -0.2) is 0 Å². The average Bonchev–Trinajstić information content (AvgIpc) is 2.05. The van der Waals surface area contributed by atoms with E-state index in [4.69, 9.17) is 4.74 Å². The Morgan fingerprint density at radius 1 is 1.58 bits per heavy atom. The van der Waals surface area contributed by atoms with Crippen molar-refractivity contribution in [3.63, 3.8) is 0 Å². The summed E-state index contributed by atoms with van der Waals surface area (Å²) in [6.07, 6.45) is 5.25. The normalized spacial score (nSPS) is 11.4. The van der Waals surface area contributed by atoms with Gasteiger partial charge in [-0.05, 0) is 40.1 Å². The Kier molecular flexibility index (Phi) is 3.29. The van der Waals surface area contributed by atoms with Gasteiger partial charge >= 0.3 is 0 Å². The fourth-order valence-corrected chi connectivity index (χ4v) is 1.24. The van der Waals surface area contributed by atoms with Gasteiger partial charge in [-0.1, -0.05) is 0 Å². The number of allylic oxidation sites excluding steroid dienone is 1. The number of ether oxygens (including phenoxy) is 1. The smallest absolute Gasteiger partial charge is 0.0860 e. The van der Waals surface area contributed by atoms with E-state index in [1.54, 1.807) is 25.8 Å². The third-order valence-corrected chi connectivity index (χ3v) is 1.89. The lowest BCUT2D eigenvalue weighted by atomic mass is 10.1. The van der Waals surface area contributed by atoms with Crippen molar-refractivity contribution < 1.29 is 4.74 Å². The van der Waals surface area contributed by atoms with Crippen LogP contribution in [-0.2, 0) is 4.74 Å². The molecule has 0 fully saturated rings. The Labute approximate surface area is 80.4 Å². The number of hydrogen-bond donors (Lipinski definition) is 0. The van der Waals surface area contributed by atoms with Crippen molar-refractivity contribution in [3.05, 3.63) is 34.8 Å². The molecule has 0 aliphatic carbocycles. The second kappa shape index (κ2) is 4.26. The second-order valence-corrected chi connectivity index (χ2v) is 3.34. The van der Waals surface area contributed by atoms with Crippen LogP contribution >= 0.6 is 15.9 Å². The molecule has 1 rings (SSSR count). The zero-order valence-corrected chi connectivity index (χ0v) is 8.63. The predicted octanol–water partition coefficient (Wildman–Crippen LogP) is 2.85. The summed E-state index contributed by atoms with van der Waals surface area (Å²) in [7, 11) is 1.63. The summed E-state index contributed by atoms with van der Waals surface area (Å²) in [6.45, 7) is 1.98. The van der Waals surface area contributed by atoms with Gasteiger partial charge in [0, 0.05) is 16.9 Å². The van der Waals surface area contributed by atoms with Crippen molar-refractivity contribution in [1.29, 1.82) is 0 Å². The van der Waals surface area contributed by atoms with E-state index in [0.717, 1.165) is 15.6 Å². The lowest BCUT2D eigenvalue weighted by Crippen LogP contribution is -1.82. The van der Waals surface area contributed by atoms with Gasteiger partial charge in [0.1, 0.15) is 0 Å². The van der Waals surface area contributed by atoms with Gasteiger partial charge in [0.25, 0.3) is 0 Å². The van der Waals surface area contributed by atoms with Crippen LogP contribution in [0, 0.1) is 0 Å². The summed E-state index contributed by atoms with van der Waals surface area (Å²) in [5.74, 6) is 0. The molecule has 1 aromatic rings. The van der Waals surface area contributed by atoms with Crippen LogP contribution < -0.4 is 0 Å². The summed E-state index contributed by atoms with van der Waals surface area (Å²) in [5, 5.41) is 0. The number of methoxy groups -OCH3 is 1. The SMILES string of the molecule is CO/C=C(/C)c1cncc(Br)c1. The number of hydrogen-bond acceptors (Lipinski definition) is 2. The third-order valence-electron chi connectivity index (χ3n) is 1.45. The standard InChI is InChI=1S/C9H10BrNO/c1-7(6-12-2)8-3-9(10)5-11-4-8/h3-6H,1-2H3/b7-6-. The van der Waals surface area contributed by atoms with Gasteiger partial charge in [-0.15, -0.1) is 0 Å². The van der Waals surface area contributed by atoms with E-state index in [1.165, 1.54) is 0 Å². The highest BCUT2D eigenvalue weighted by Crippen LogP contribution is 2.16. The molecule has 0 aliphatic rings. The molecule has 0 N–H and O–H groups in total. The molecule has 0 unspecified atom stereocenters. The van der Waals surface area contributed by atoms with Crippen molar-refractivity contribution >= 4 is 21.5 Å².